The average Bonchev–Trinajstić information content (AvgIpc) is 2.99. The summed E-state index contributed by atoms with van der Waals surface area (Å²) in [7, 11) is 0. The Morgan fingerprint density at radius 3 is 2.70 bits per heavy atom. The lowest BCUT2D eigenvalue weighted by Crippen LogP contribution is -2.38. The Morgan fingerprint density at radius 1 is 1.22 bits per heavy atom. The summed E-state index contributed by atoms with van der Waals surface area (Å²) in [5, 5.41) is 19.8. The molecule has 0 bridgehead atoms. The molecule has 3 aromatic rings. The first-order valence-corrected chi connectivity index (χ1v) is 7.39. The molecule has 0 fully saturated rings. The van der Waals surface area contributed by atoms with Crippen molar-refractivity contribution < 1.29 is 9.90 Å². The minimum absolute atomic E-state index is 0.0985. The number of hydrogen-bond acceptors (Lipinski definition) is 3. The first-order chi connectivity index (χ1) is 11.2. The van der Waals surface area contributed by atoms with Crippen molar-refractivity contribution in [1.82, 2.24) is 15.1 Å². The van der Waals surface area contributed by atoms with Gasteiger partial charge in [0.25, 0.3) is 0 Å². The zero-order valence-corrected chi connectivity index (χ0v) is 12.7. The smallest absolute Gasteiger partial charge is 0.319 e. The van der Waals surface area contributed by atoms with Crippen molar-refractivity contribution in [1.29, 1.82) is 0 Å². The van der Waals surface area contributed by atoms with Crippen LogP contribution in [0.5, 0.6) is 0 Å². The topological polar surface area (TPSA) is 79.2 Å². The lowest BCUT2D eigenvalue weighted by Gasteiger charge is -2.12. The maximum atomic E-state index is 11.7. The summed E-state index contributed by atoms with van der Waals surface area (Å²) in [6.45, 7) is 1.63. The third-order valence-electron chi connectivity index (χ3n) is 3.50. The molecule has 3 N–H and O–H groups in total. The molecule has 118 valence electrons. The summed E-state index contributed by atoms with van der Waals surface area (Å²) in [5.41, 5.74) is 2.62. The van der Waals surface area contributed by atoms with E-state index < -0.39 is 0 Å². The van der Waals surface area contributed by atoms with Gasteiger partial charge in [-0.05, 0) is 37.3 Å². The molecule has 0 saturated carbocycles. The van der Waals surface area contributed by atoms with Crippen LogP contribution in [0.2, 0.25) is 0 Å². The van der Waals surface area contributed by atoms with E-state index in [1.165, 1.54) is 0 Å². The predicted molar refractivity (Wildman–Crippen MR) is 89.8 cm³/mol. The van der Waals surface area contributed by atoms with Gasteiger partial charge in [0.2, 0.25) is 0 Å². The molecule has 1 atom stereocenters. The Balaban J connectivity index is 1.76. The van der Waals surface area contributed by atoms with E-state index in [9.17, 15) is 4.79 Å². The van der Waals surface area contributed by atoms with Gasteiger partial charge < -0.3 is 15.7 Å². The van der Waals surface area contributed by atoms with Crippen molar-refractivity contribution in [3.63, 3.8) is 0 Å². The van der Waals surface area contributed by atoms with Gasteiger partial charge in [-0.1, -0.05) is 18.2 Å². The second-order valence-electron chi connectivity index (χ2n) is 5.34. The van der Waals surface area contributed by atoms with Gasteiger partial charge in [-0.2, -0.15) is 5.10 Å². The van der Waals surface area contributed by atoms with E-state index in [4.69, 9.17) is 5.11 Å². The fourth-order valence-electron chi connectivity index (χ4n) is 2.30. The Hall–Kier alpha value is -2.86. The number of nitrogens with zero attached hydrogens (tertiary/aromatic N) is 2. The maximum absolute atomic E-state index is 11.7. The molecule has 0 saturated heterocycles. The van der Waals surface area contributed by atoms with Crippen molar-refractivity contribution in [2.45, 2.75) is 13.0 Å². The van der Waals surface area contributed by atoms with Gasteiger partial charge in [-0.3, -0.25) is 0 Å². The molecular formula is C17H18N4O2. The monoisotopic (exact) mass is 310 g/mol. The Kier molecular flexibility index (Phi) is 4.25. The fraction of sp³-hybridized carbons (Fsp3) is 0.176. The standard InChI is InChI=1S/C17H18N4O2/c1-12(11-22)19-17(23)20-14-6-8-15(9-7-14)21-16-5-3-2-4-13(16)10-18-21/h2-10,12,22H,11H2,1H3,(H2,19,20,23)/t12-/m0/s1. The Bertz CT molecular complexity index is 811. The highest BCUT2D eigenvalue weighted by Gasteiger charge is 2.07. The number of amides is 2. The van der Waals surface area contributed by atoms with Gasteiger partial charge in [0.05, 0.1) is 30.0 Å². The predicted octanol–water partition coefficient (Wildman–Crippen LogP) is 2.53. The number of carbonyl (C=O) groups is 1. The molecule has 23 heavy (non-hydrogen) atoms. The van der Waals surface area contributed by atoms with Crippen molar-refractivity contribution in [3.8, 4) is 5.69 Å². The number of aromatic nitrogens is 2. The summed E-state index contributed by atoms with van der Waals surface area (Å²) in [6, 6.07) is 14.8. The van der Waals surface area contributed by atoms with E-state index >= 15 is 0 Å². The van der Waals surface area contributed by atoms with Crippen LogP contribution >= 0.6 is 0 Å². The average molecular weight is 310 g/mol. The third-order valence-corrected chi connectivity index (χ3v) is 3.50. The number of hydrogen-bond donors (Lipinski definition) is 3. The summed E-state index contributed by atoms with van der Waals surface area (Å²) < 4.78 is 1.85. The van der Waals surface area contributed by atoms with Crippen LogP contribution in [0.15, 0.2) is 54.7 Å². The van der Waals surface area contributed by atoms with E-state index in [1.54, 1.807) is 6.92 Å². The quantitative estimate of drug-likeness (QED) is 0.693. The minimum atomic E-state index is -0.344. The van der Waals surface area contributed by atoms with E-state index in [0.29, 0.717) is 5.69 Å². The Morgan fingerprint density at radius 2 is 1.96 bits per heavy atom. The number of fused-ring (bicyclic) bond motifs is 1. The van der Waals surface area contributed by atoms with Crippen molar-refractivity contribution in [2.24, 2.45) is 0 Å². The summed E-state index contributed by atoms with van der Waals surface area (Å²) >= 11 is 0. The molecule has 0 aliphatic heterocycles. The molecule has 3 rings (SSSR count). The first kappa shape index (κ1) is 15.1. The van der Waals surface area contributed by atoms with Crippen LogP contribution in [0.3, 0.4) is 0 Å². The van der Waals surface area contributed by atoms with Gasteiger partial charge in [0, 0.05) is 11.1 Å². The second-order valence-corrected chi connectivity index (χ2v) is 5.34. The van der Waals surface area contributed by atoms with E-state index in [2.05, 4.69) is 15.7 Å². The lowest BCUT2D eigenvalue weighted by molar-refractivity contribution is 0.229. The van der Waals surface area contributed by atoms with Gasteiger partial charge >= 0.3 is 6.03 Å². The number of rotatable bonds is 4. The van der Waals surface area contributed by atoms with Crippen LogP contribution in [-0.2, 0) is 0 Å². The number of urea groups is 1. The largest absolute Gasteiger partial charge is 0.394 e. The van der Waals surface area contributed by atoms with Gasteiger partial charge in [-0.25, -0.2) is 9.48 Å². The zero-order chi connectivity index (χ0) is 16.2. The highest BCUT2D eigenvalue weighted by molar-refractivity contribution is 5.89. The number of aliphatic hydroxyl groups is 1. The number of aliphatic hydroxyl groups excluding tert-OH is 1. The van der Waals surface area contributed by atoms with Crippen LogP contribution in [0.4, 0.5) is 10.5 Å². The highest BCUT2D eigenvalue weighted by Crippen LogP contribution is 2.19. The van der Waals surface area contributed by atoms with E-state index in [1.807, 2.05) is 59.4 Å². The maximum Gasteiger partial charge on any atom is 0.319 e. The lowest BCUT2D eigenvalue weighted by atomic mass is 10.2. The number of anilines is 1. The molecule has 6 nitrogen and oxygen atoms in total. The summed E-state index contributed by atoms with van der Waals surface area (Å²) in [5.74, 6) is 0. The van der Waals surface area contributed by atoms with Crippen LogP contribution in [0.1, 0.15) is 6.92 Å². The van der Waals surface area contributed by atoms with Crippen LogP contribution in [0.25, 0.3) is 16.6 Å². The molecule has 0 aliphatic rings. The molecular weight excluding hydrogens is 292 g/mol. The molecule has 1 heterocycles. The van der Waals surface area contributed by atoms with E-state index in [-0.39, 0.29) is 18.7 Å². The second kappa shape index (κ2) is 6.50. The zero-order valence-electron chi connectivity index (χ0n) is 12.7. The van der Waals surface area contributed by atoms with E-state index in [0.717, 1.165) is 16.6 Å². The Labute approximate surface area is 133 Å². The van der Waals surface area contributed by atoms with Gasteiger partial charge in [0.1, 0.15) is 0 Å². The van der Waals surface area contributed by atoms with Crippen LogP contribution in [0, 0.1) is 0 Å². The number of benzene rings is 2. The molecule has 0 aliphatic carbocycles. The number of nitrogens with one attached hydrogen (secondary N) is 2. The number of carbonyl (C=O) groups excluding carboxylic acids is 1. The SMILES string of the molecule is C[C@@H](CO)NC(=O)Nc1ccc(-n2ncc3ccccc32)cc1. The molecule has 0 radical (unpaired) electrons. The fourth-order valence-corrected chi connectivity index (χ4v) is 2.30. The minimum Gasteiger partial charge on any atom is -0.394 e. The van der Waals surface area contributed by atoms with Gasteiger partial charge in [-0.15, -0.1) is 0 Å². The molecule has 0 spiro atoms. The molecule has 1 aromatic heterocycles. The van der Waals surface area contributed by atoms with Crippen molar-refractivity contribution >= 4 is 22.6 Å². The molecule has 2 amide bonds. The summed E-state index contributed by atoms with van der Waals surface area (Å²) in [4.78, 5) is 11.7. The van der Waals surface area contributed by atoms with Crippen LogP contribution < -0.4 is 10.6 Å². The normalized spacial score (nSPS) is 12.1. The highest BCUT2D eigenvalue weighted by atomic mass is 16.3. The summed E-state index contributed by atoms with van der Waals surface area (Å²) in [6.07, 6.45) is 1.82. The third kappa shape index (κ3) is 3.32. The molecule has 2 aromatic carbocycles. The molecule has 6 heteroatoms. The van der Waals surface area contributed by atoms with Crippen LogP contribution in [-0.4, -0.2) is 33.6 Å². The van der Waals surface area contributed by atoms with Crippen molar-refractivity contribution in [3.05, 3.63) is 54.7 Å². The van der Waals surface area contributed by atoms with Gasteiger partial charge in [0.15, 0.2) is 0 Å². The number of para-hydroxylation sites is 1. The first-order valence-electron chi connectivity index (χ1n) is 7.39. The molecule has 0 unspecified atom stereocenters. The van der Waals surface area contributed by atoms with Crippen molar-refractivity contribution in [2.75, 3.05) is 11.9 Å².